The minimum atomic E-state index is -4.69. The van der Waals surface area contributed by atoms with Crippen LogP contribution in [0.1, 0.15) is 75.4 Å². The molecule has 6 rings (SSSR count). The van der Waals surface area contributed by atoms with Crippen LogP contribution in [0.4, 0.5) is 49.6 Å². The molecule has 0 saturated heterocycles. The first-order valence-electron chi connectivity index (χ1n) is 19.3. The molecule has 0 radical (unpaired) electrons. The number of nitrogens with one attached hydrogen (secondary N) is 1. The zero-order chi connectivity index (χ0) is 48.7. The number of Topliss-reactive ketones (excluding diaryl/α,β-unsaturated/α-hetero) is 2. The summed E-state index contributed by atoms with van der Waals surface area (Å²) in [5.74, 6) is -6.26. The average molecular weight is 931 g/mol. The van der Waals surface area contributed by atoms with E-state index in [-0.39, 0.29) is 75.0 Å². The number of benzene rings is 5. The van der Waals surface area contributed by atoms with Crippen LogP contribution in [0.5, 0.6) is 11.5 Å². The summed E-state index contributed by atoms with van der Waals surface area (Å²) in [6.45, 7) is 3.36. The Morgan fingerprint density at radius 3 is 1.70 bits per heavy atom. The number of ether oxygens (including phenoxy) is 2. The summed E-state index contributed by atoms with van der Waals surface area (Å²) < 4.78 is 146. The van der Waals surface area contributed by atoms with E-state index in [0.717, 1.165) is 48.5 Å². The Kier molecular flexibility index (Phi) is 15.5. The van der Waals surface area contributed by atoms with Gasteiger partial charge in [0.05, 0.1) is 27.9 Å². The molecular formula is C47H36F10N2O7. The monoisotopic (exact) mass is 930 g/mol. The average Bonchev–Trinajstić information content (AvgIpc) is 3.62. The van der Waals surface area contributed by atoms with Crippen molar-refractivity contribution >= 4 is 29.1 Å². The van der Waals surface area contributed by atoms with Crippen molar-refractivity contribution in [1.82, 2.24) is 4.57 Å². The summed E-state index contributed by atoms with van der Waals surface area (Å²) in [7, 11) is 0. The minimum Gasteiger partial charge on any atom is -0.488 e. The fraction of sp³-hybridized carbons (Fsp3) is 0.191. The van der Waals surface area contributed by atoms with E-state index in [9.17, 15) is 68.2 Å². The molecule has 1 amide bonds. The van der Waals surface area contributed by atoms with Gasteiger partial charge in [-0.3, -0.25) is 9.59 Å². The van der Waals surface area contributed by atoms with Crippen LogP contribution in [-0.2, 0) is 35.2 Å². The van der Waals surface area contributed by atoms with Crippen molar-refractivity contribution in [2.45, 2.75) is 59.2 Å². The van der Waals surface area contributed by atoms with E-state index in [0.29, 0.717) is 23.9 Å². The maximum absolute atomic E-state index is 14.2. The molecule has 66 heavy (non-hydrogen) atoms. The number of ketones is 2. The molecule has 1 heterocycles. The summed E-state index contributed by atoms with van der Waals surface area (Å²) in [6.07, 6.45) is -9.76. The van der Waals surface area contributed by atoms with Gasteiger partial charge in [-0.05, 0) is 105 Å². The van der Waals surface area contributed by atoms with Gasteiger partial charge in [-0.25, -0.2) is 22.4 Å². The fourth-order valence-corrected chi connectivity index (χ4v) is 6.33. The van der Waals surface area contributed by atoms with Crippen LogP contribution < -0.4 is 14.8 Å². The molecular weight excluding hydrogens is 895 g/mol. The van der Waals surface area contributed by atoms with Gasteiger partial charge in [-0.15, -0.1) is 0 Å². The molecule has 0 unspecified atom stereocenters. The molecule has 1 aromatic heterocycles. The number of halogens is 10. The first-order valence-corrected chi connectivity index (χ1v) is 19.3. The Labute approximate surface area is 369 Å². The molecule has 6 aromatic rings. The van der Waals surface area contributed by atoms with Gasteiger partial charge in [0.2, 0.25) is 5.91 Å². The first-order chi connectivity index (χ1) is 30.9. The van der Waals surface area contributed by atoms with Gasteiger partial charge < -0.3 is 29.3 Å². The molecule has 0 aliphatic carbocycles. The summed E-state index contributed by atoms with van der Waals surface area (Å²) in [5, 5.41) is 12.1. The molecule has 0 aliphatic heterocycles. The minimum absolute atomic E-state index is 0.0112. The van der Waals surface area contributed by atoms with Crippen molar-refractivity contribution in [3.63, 3.8) is 0 Å². The van der Waals surface area contributed by atoms with Crippen LogP contribution in [0, 0.1) is 30.2 Å². The molecule has 9 nitrogen and oxygen atoms in total. The van der Waals surface area contributed by atoms with E-state index >= 15 is 0 Å². The van der Waals surface area contributed by atoms with Gasteiger partial charge in [-0.1, -0.05) is 0 Å². The second-order valence-corrected chi connectivity index (χ2v) is 14.5. The van der Waals surface area contributed by atoms with Crippen LogP contribution in [0.3, 0.4) is 0 Å². The summed E-state index contributed by atoms with van der Waals surface area (Å²) in [4.78, 5) is 46.7. The number of anilines is 1. The van der Waals surface area contributed by atoms with Gasteiger partial charge in [-0.2, -0.15) is 26.3 Å². The Balaban J connectivity index is 0.000000265. The molecule has 2 N–H and O–H groups in total. The largest absolute Gasteiger partial charge is 0.488 e. The van der Waals surface area contributed by atoms with Crippen LogP contribution >= 0.6 is 0 Å². The van der Waals surface area contributed by atoms with Crippen LogP contribution in [-0.4, -0.2) is 33.1 Å². The van der Waals surface area contributed by atoms with E-state index < -0.39 is 77.6 Å². The number of aromatic carboxylic acids is 1. The molecule has 0 spiro atoms. The van der Waals surface area contributed by atoms with E-state index in [4.69, 9.17) is 9.47 Å². The van der Waals surface area contributed by atoms with Crippen molar-refractivity contribution < 1.29 is 77.7 Å². The van der Waals surface area contributed by atoms with Crippen LogP contribution in [0.2, 0.25) is 0 Å². The highest BCUT2D eigenvalue weighted by Crippen LogP contribution is 2.40. The SMILES string of the molecule is CC(=O)CCC(=O)c1cc(C(F)(F)F)ccc1OCc1ccc(F)cc1F.CC(=O)Nc1cc(C(=O)O)cc(-n2c(C)ccc2-c2cc(C(F)(F)F)ccc2OCc2ccc(F)cc2F)c1. The lowest BCUT2D eigenvalue weighted by molar-refractivity contribution is -0.138. The summed E-state index contributed by atoms with van der Waals surface area (Å²) in [6, 6.07) is 18.0. The van der Waals surface area contributed by atoms with Crippen molar-refractivity contribution in [3.05, 3.63) is 165 Å². The van der Waals surface area contributed by atoms with Crippen molar-refractivity contribution in [1.29, 1.82) is 0 Å². The lowest BCUT2D eigenvalue weighted by Gasteiger charge is -2.19. The smallest absolute Gasteiger partial charge is 0.416 e. The normalized spacial score (nSPS) is 11.3. The van der Waals surface area contributed by atoms with E-state index in [1.54, 1.807) is 13.0 Å². The number of carboxylic acid groups (broad SMARTS) is 1. The highest BCUT2D eigenvalue weighted by atomic mass is 19.4. The van der Waals surface area contributed by atoms with Crippen LogP contribution in [0.25, 0.3) is 16.9 Å². The number of amides is 1. The maximum atomic E-state index is 14.2. The first kappa shape index (κ1) is 49.6. The maximum Gasteiger partial charge on any atom is 0.416 e. The number of nitrogens with zero attached hydrogens (tertiary/aromatic N) is 1. The number of alkyl halides is 6. The number of aryl methyl sites for hydroxylation is 1. The zero-order valence-corrected chi connectivity index (χ0v) is 34.8. The second-order valence-electron chi connectivity index (χ2n) is 14.5. The summed E-state index contributed by atoms with van der Waals surface area (Å²) >= 11 is 0. The highest BCUT2D eigenvalue weighted by Gasteiger charge is 2.33. The quantitative estimate of drug-likeness (QED) is 0.0823. The topological polar surface area (TPSA) is 124 Å². The van der Waals surface area contributed by atoms with Gasteiger partial charge in [0.15, 0.2) is 5.78 Å². The predicted molar refractivity (Wildman–Crippen MR) is 219 cm³/mol. The third-order valence-corrected chi connectivity index (χ3v) is 9.51. The molecule has 19 heteroatoms. The van der Waals surface area contributed by atoms with Crippen molar-refractivity contribution in [2.75, 3.05) is 5.32 Å². The number of hydrogen-bond acceptors (Lipinski definition) is 6. The second kappa shape index (κ2) is 20.6. The molecule has 0 saturated carbocycles. The summed E-state index contributed by atoms with van der Waals surface area (Å²) in [5.41, 5.74) is -1.41. The van der Waals surface area contributed by atoms with Crippen LogP contribution in [0.15, 0.2) is 103 Å². The highest BCUT2D eigenvalue weighted by molar-refractivity contribution is 6.00. The number of hydrogen-bond donors (Lipinski definition) is 2. The molecule has 0 aliphatic rings. The lowest BCUT2D eigenvalue weighted by Crippen LogP contribution is -2.11. The van der Waals surface area contributed by atoms with Gasteiger partial charge >= 0.3 is 18.3 Å². The zero-order valence-electron chi connectivity index (χ0n) is 34.8. The predicted octanol–water partition coefficient (Wildman–Crippen LogP) is 12.1. The van der Waals surface area contributed by atoms with Gasteiger partial charge in [0.1, 0.15) is 53.8 Å². The number of carbonyl (C=O) groups is 4. The standard InChI is InChI=1S/C28H21F5N2O4.C19H15F5O3/c1-15-3-7-25(35(15)22-10-18(27(37)38)9-21(13-22)34-16(2)36)23-11-19(28(31,32)33)5-8-26(23)39-14-17-4-6-20(29)12-24(17)30;1-11(25)2-6-17(26)15-8-13(19(22,23)24)4-7-18(15)27-10-12-3-5-14(20)9-16(12)21/h3-13H,14H2,1-2H3,(H,34,36)(H,37,38);3-5,7-9H,2,6,10H2,1H3. The van der Waals surface area contributed by atoms with Crippen molar-refractivity contribution in [3.8, 4) is 28.4 Å². The fourth-order valence-electron chi connectivity index (χ4n) is 6.33. The number of carbonyl (C=O) groups excluding carboxylic acids is 3. The van der Waals surface area contributed by atoms with Gasteiger partial charge in [0.25, 0.3) is 0 Å². The Hall–Kier alpha value is -7.44. The lowest BCUT2D eigenvalue weighted by atomic mass is 10.0. The van der Waals surface area contributed by atoms with E-state index in [1.165, 1.54) is 48.7 Å². The molecule has 0 atom stereocenters. The third kappa shape index (κ3) is 12.9. The Morgan fingerprint density at radius 2 is 1.18 bits per heavy atom. The third-order valence-electron chi connectivity index (χ3n) is 9.51. The molecule has 5 aromatic carbocycles. The molecule has 346 valence electrons. The van der Waals surface area contributed by atoms with E-state index in [2.05, 4.69) is 5.32 Å². The van der Waals surface area contributed by atoms with E-state index in [1.807, 2.05) is 0 Å². The number of rotatable bonds is 14. The van der Waals surface area contributed by atoms with Crippen molar-refractivity contribution in [2.24, 2.45) is 0 Å². The molecule has 0 bridgehead atoms. The number of aromatic nitrogens is 1. The van der Waals surface area contributed by atoms with Gasteiger partial charge in [0, 0.05) is 65.7 Å². The molecule has 0 fully saturated rings. The Bertz CT molecular complexity index is 2800. The number of carboxylic acids is 1. The Morgan fingerprint density at radius 1 is 0.636 bits per heavy atom.